The zero-order chi connectivity index (χ0) is 20.9. The highest BCUT2D eigenvalue weighted by Gasteiger charge is 2.35. The number of epoxide rings is 1. The van der Waals surface area contributed by atoms with E-state index in [2.05, 4.69) is 10.3 Å². The number of carbonyl (C=O) groups is 1. The van der Waals surface area contributed by atoms with E-state index in [9.17, 15) is 9.90 Å². The molecule has 7 heteroatoms. The summed E-state index contributed by atoms with van der Waals surface area (Å²) in [6.07, 6.45) is 1.04. The van der Waals surface area contributed by atoms with E-state index in [0.29, 0.717) is 24.5 Å². The number of amides is 1. The second kappa shape index (κ2) is 9.24. The molecule has 1 saturated heterocycles. The van der Waals surface area contributed by atoms with E-state index < -0.39 is 17.8 Å². The minimum Gasteiger partial charge on any atom is -0.490 e. The van der Waals surface area contributed by atoms with Crippen LogP contribution >= 0.6 is 0 Å². The molecule has 2 N–H and O–H groups in total. The molecule has 1 aliphatic heterocycles. The minimum absolute atomic E-state index is 0.00645. The molecule has 3 atom stereocenters. The standard InChI is InChI=1S/C22H28N2O5/c1-22(2,3)29-21(26)24-18(20-14-28-20)12-15-7-9-16(10-8-15)27-13-19(25)17-6-4-5-11-23-17/h4-11,18-20,25H,12-14H2,1-3H3,(H,24,26)/t18-,19?,20+/m0/s1. The third-order valence-corrected chi connectivity index (χ3v) is 4.33. The molecular formula is C22H28N2O5. The molecule has 1 unspecified atom stereocenters. The molecular weight excluding hydrogens is 372 g/mol. The molecule has 1 aromatic heterocycles. The lowest BCUT2D eigenvalue weighted by Crippen LogP contribution is -2.43. The number of hydrogen-bond donors (Lipinski definition) is 2. The van der Waals surface area contributed by atoms with Gasteiger partial charge in [0.15, 0.2) is 0 Å². The minimum atomic E-state index is -0.787. The number of nitrogens with one attached hydrogen (secondary N) is 1. The van der Waals surface area contributed by atoms with Crippen molar-refractivity contribution in [2.75, 3.05) is 13.2 Å². The monoisotopic (exact) mass is 400 g/mol. The largest absolute Gasteiger partial charge is 0.490 e. The van der Waals surface area contributed by atoms with E-state index in [-0.39, 0.29) is 18.8 Å². The van der Waals surface area contributed by atoms with Crippen molar-refractivity contribution < 1.29 is 24.1 Å². The highest BCUT2D eigenvalue weighted by molar-refractivity contribution is 5.68. The van der Waals surface area contributed by atoms with Gasteiger partial charge >= 0.3 is 6.09 Å². The van der Waals surface area contributed by atoms with Gasteiger partial charge in [0, 0.05) is 6.20 Å². The molecule has 7 nitrogen and oxygen atoms in total. The molecule has 1 aliphatic rings. The van der Waals surface area contributed by atoms with Gasteiger partial charge in [-0.05, 0) is 57.0 Å². The molecule has 0 saturated carbocycles. The molecule has 0 aliphatic carbocycles. The molecule has 0 spiro atoms. The smallest absolute Gasteiger partial charge is 0.407 e. The fourth-order valence-electron chi connectivity index (χ4n) is 2.83. The lowest BCUT2D eigenvalue weighted by molar-refractivity contribution is 0.0495. The first-order chi connectivity index (χ1) is 13.8. The number of pyridine rings is 1. The molecule has 1 aromatic carbocycles. The van der Waals surface area contributed by atoms with Crippen LogP contribution < -0.4 is 10.1 Å². The van der Waals surface area contributed by atoms with Gasteiger partial charge in [0.05, 0.1) is 18.3 Å². The van der Waals surface area contributed by atoms with Gasteiger partial charge < -0.3 is 24.6 Å². The van der Waals surface area contributed by atoms with E-state index in [1.54, 1.807) is 18.3 Å². The maximum absolute atomic E-state index is 12.1. The summed E-state index contributed by atoms with van der Waals surface area (Å²) in [7, 11) is 0. The van der Waals surface area contributed by atoms with E-state index in [1.807, 2.05) is 51.1 Å². The molecule has 0 bridgehead atoms. The van der Waals surface area contributed by atoms with Crippen molar-refractivity contribution in [2.45, 2.75) is 51.0 Å². The first kappa shape index (κ1) is 21.1. The summed E-state index contributed by atoms with van der Waals surface area (Å²) in [5, 5.41) is 13.0. The second-order valence-corrected chi connectivity index (χ2v) is 8.05. The average Bonchev–Trinajstić information content (AvgIpc) is 3.51. The predicted molar refractivity (Wildman–Crippen MR) is 108 cm³/mol. The zero-order valence-corrected chi connectivity index (χ0v) is 17.0. The Hall–Kier alpha value is -2.64. The highest BCUT2D eigenvalue weighted by Crippen LogP contribution is 2.21. The molecule has 3 rings (SSSR count). The van der Waals surface area contributed by atoms with Crippen molar-refractivity contribution in [1.29, 1.82) is 0 Å². The van der Waals surface area contributed by atoms with E-state index in [0.717, 1.165) is 5.56 Å². The van der Waals surface area contributed by atoms with Crippen LogP contribution in [0.1, 0.15) is 38.1 Å². The third kappa shape index (κ3) is 7.03. The molecule has 1 fully saturated rings. The van der Waals surface area contributed by atoms with Crippen LogP contribution in [0.5, 0.6) is 5.75 Å². The quantitative estimate of drug-likeness (QED) is 0.662. The van der Waals surface area contributed by atoms with Gasteiger partial charge in [0.1, 0.15) is 30.2 Å². The Morgan fingerprint density at radius 1 is 1.28 bits per heavy atom. The van der Waals surface area contributed by atoms with Crippen LogP contribution in [0.4, 0.5) is 4.79 Å². The fraction of sp³-hybridized carbons (Fsp3) is 0.455. The highest BCUT2D eigenvalue weighted by atomic mass is 16.6. The van der Waals surface area contributed by atoms with E-state index in [4.69, 9.17) is 14.2 Å². The summed E-state index contributed by atoms with van der Waals surface area (Å²) in [4.78, 5) is 16.2. The van der Waals surface area contributed by atoms with Crippen LogP contribution in [-0.4, -0.2) is 47.1 Å². The van der Waals surface area contributed by atoms with Gasteiger partial charge in [-0.3, -0.25) is 4.98 Å². The van der Waals surface area contributed by atoms with Crippen LogP contribution in [-0.2, 0) is 15.9 Å². The van der Waals surface area contributed by atoms with Crippen molar-refractivity contribution in [2.24, 2.45) is 0 Å². The lowest BCUT2D eigenvalue weighted by atomic mass is 10.0. The Labute approximate surface area is 171 Å². The molecule has 1 amide bonds. The number of nitrogens with zero attached hydrogens (tertiary/aromatic N) is 1. The Morgan fingerprint density at radius 3 is 2.59 bits per heavy atom. The zero-order valence-electron chi connectivity index (χ0n) is 17.0. The normalized spacial score (nSPS) is 17.9. The Kier molecular flexibility index (Phi) is 6.71. The van der Waals surface area contributed by atoms with Crippen LogP contribution in [0, 0.1) is 0 Å². The van der Waals surface area contributed by atoms with Crippen molar-refractivity contribution in [1.82, 2.24) is 10.3 Å². The van der Waals surface area contributed by atoms with Crippen LogP contribution in [0.3, 0.4) is 0 Å². The summed E-state index contributed by atoms with van der Waals surface area (Å²) in [5.41, 5.74) is 1.07. The van der Waals surface area contributed by atoms with E-state index in [1.165, 1.54) is 0 Å². The number of ether oxygens (including phenoxy) is 3. The average molecular weight is 400 g/mol. The summed E-state index contributed by atoms with van der Waals surface area (Å²) in [5.74, 6) is 0.656. The fourth-order valence-corrected chi connectivity index (χ4v) is 2.83. The van der Waals surface area contributed by atoms with Crippen molar-refractivity contribution >= 4 is 6.09 Å². The lowest BCUT2D eigenvalue weighted by Gasteiger charge is -2.23. The summed E-state index contributed by atoms with van der Waals surface area (Å²) < 4.78 is 16.4. The van der Waals surface area contributed by atoms with Gasteiger partial charge in [0.25, 0.3) is 0 Å². The van der Waals surface area contributed by atoms with Gasteiger partial charge in [-0.2, -0.15) is 0 Å². The molecule has 2 aromatic rings. The Bertz CT molecular complexity index is 785. The molecule has 29 heavy (non-hydrogen) atoms. The van der Waals surface area contributed by atoms with Crippen LogP contribution in [0.25, 0.3) is 0 Å². The SMILES string of the molecule is CC(C)(C)OC(=O)N[C@@H](Cc1ccc(OCC(O)c2ccccn2)cc1)[C@H]1CO1. The van der Waals surface area contributed by atoms with Crippen LogP contribution in [0.15, 0.2) is 48.7 Å². The van der Waals surface area contributed by atoms with Crippen molar-refractivity contribution in [3.8, 4) is 5.75 Å². The number of rotatable bonds is 8. The van der Waals surface area contributed by atoms with E-state index >= 15 is 0 Å². The number of benzene rings is 1. The van der Waals surface area contributed by atoms with Gasteiger partial charge in [-0.15, -0.1) is 0 Å². The topological polar surface area (TPSA) is 93.2 Å². The number of aromatic nitrogens is 1. The molecule has 0 radical (unpaired) electrons. The number of aliphatic hydroxyl groups excluding tert-OH is 1. The van der Waals surface area contributed by atoms with Crippen LogP contribution in [0.2, 0.25) is 0 Å². The third-order valence-electron chi connectivity index (χ3n) is 4.33. The van der Waals surface area contributed by atoms with Gasteiger partial charge in [-0.25, -0.2) is 4.79 Å². The van der Waals surface area contributed by atoms with Gasteiger partial charge in [-0.1, -0.05) is 18.2 Å². The number of carbonyl (C=O) groups excluding carboxylic acids is 1. The van der Waals surface area contributed by atoms with Gasteiger partial charge in [0.2, 0.25) is 0 Å². The number of hydrogen-bond acceptors (Lipinski definition) is 6. The maximum atomic E-state index is 12.1. The second-order valence-electron chi connectivity index (χ2n) is 8.05. The summed E-state index contributed by atoms with van der Waals surface area (Å²) in [6, 6.07) is 12.8. The molecule has 2 heterocycles. The number of aliphatic hydroxyl groups is 1. The Balaban J connectivity index is 1.51. The maximum Gasteiger partial charge on any atom is 0.407 e. The van der Waals surface area contributed by atoms with Crippen molar-refractivity contribution in [3.05, 3.63) is 59.9 Å². The summed E-state index contributed by atoms with van der Waals surface area (Å²) >= 11 is 0. The Morgan fingerprint density at radius 2 is 2.00 bits per heavy atom. The van der Waals surface area contributed by atoms with Crippen molar-refractivity contribution in [3.63, 3.8) is 0 Å². The predicted octanol–water partition coefficient (Wildman–Crippen LogP) is 3.03. The molecule has 156 valence electrons. The number of alkyl carbamates (subject to hydrolysis) is 1. The summed E-state index contributed by atoms with van der Waals surface area (Å²) in [6.45, 7) is 6.25. The first-order valence-corrected chi connectivity index (χ1v) is 9.72. The first-order valence-electron chi connectivity index (χ1n) is 9.72.